The van der Waals surface area contributed by atoms with E-state index in [4.69, 9.17) is 9.47 Å². The molecule has 1 unspecified atom stereocenters. The number of hydrogen-bond donors (Lipinski definition) is 1. The Kier molecular flexibility index (Phi) is 8.60. The number of ketones is 1. The van der Waals surface area contributed by atoms with Crippen molar-refractivity contribution in [1.82, 2.24) is 19.2 Å². The summed E-state index contributed by atoms with van der Waals surface area (Å²) < 4.78 is 13.7. The highest BCUT2D eigenvalue weighted by Gasteiger charge is 2.46. The molecule has 1 N–H and O–H groups in total. The maximum atomic E-state index is 13.5. The molecular formula is C30H38N4O5. The smallest absolute Gasteiger partial charge is 0.295 e. The second-order valence-corrected chi connectivity index (χ2v) is 10.1. The highest BCUT2D eigenvalue weighted by Crippen LogP contribution is 2.42. The first-order valence-corrected chi connectivity index (χ1v) is 13.5. The average molecular weight is 535 g/mol. The molecule has 0 aliphatic carbocycles. The number of carbonyl (C=O) groups is 2. The number of carbonyl (C=O) groups excluding carboxylic acids is 2. The Morgan fingerprint density at radius 1 is 1.10 bits per heavy atom. The van der Waals surface area contributed by atoms with Gasteiger partial charge < -0.3 is 28.8 Å². The van der Waals surface area contributed by atoms with Crippen molar-refractivity contribution in [1.29, 1.82) is 0 Å². The van der Waals surface area contributed by atoms with Crippen molar-refractivity contribution in [2.45, 2.75) is 46.6 Å². The van der Waals surface area contributed by atoms with Crippen molar-refractivity contribution in [2.24, 2.45) is 0 Å². The lowest BCUT2D eigenvalue weighted by molar-refractivity contribution is -0.140. The van der Waals surface area contributed by atoms with Gasteiger partial charge in [0.05, 0.1) is 30.5 Å². The minimum absolute atomic E-state index is 0.0185. The summed E-state index contributed by atoms with van der Waals surface area (Å²) in [5, 5.41) is 11.6. The number of ether oxygens (including phenoxy) is 2. The third kappa shape index (κ3) is 5.49. The van der Waals surface area contributed by atoms with Crippen LogP contribution >= 0.6 is 0 Å². The summed E-state index contributed by atoms with van der Waals surface area (Å²) in [6.07, 6.45) is 3.78. The number of Topliss-reactive ketones (excluding diaryl/α,β-unsaturated/α-hetero) is 1. The third-order valence-corrected chi connectivity index (χ3v) is 6.98. The molecule has 208 valence electrons. The predicted octanol–water partition coefficient (Wildman–Crippen LogP) is 4.51. The van der Waals surface area contributed by atoms with Gasteiger partial charge in [0.15, 0.2) is 17.3 Å². The van der Waals surface area contributed by atoms with Crippen molar-refractivity contribution in [3.05, 3.63) is 64.6 Å². The summed E-state index contributed by atoms with van der Waals surface area (Å²) in [6, 6.07) is 8.47. The van der Waals surface area contributed by atoms with Crippen LogP contribution < -0.4 is 9.47 Å². The van der Waals surface area contributed by atoms with Gasteiger partial charge in [-0.2, -0.15) is 0 Å². The lowest BCUT2D eigenvalue weighted by Gasteiger charge is -2.27. The maximum Gasteiger partial charge on any atom is 0.295 e. The average Bonchev–Trinajstić information content (AvgIpc) is 3.38. The molecule has 1 fully saturated rings. The number of imidazole rings is 1. The van der Waals surface area contributed by atoms with Crippen LogP contribution in [0.4, 0.5) is 0 Å². The van der Waals surface area contributed by atoms with Crippen LogP contribution in [0.1, 0.15) is 55.2 Å². The molecule has 0 saturated carbocycles. The molecule has 0 bridgehead atoms. The number of benzene rings is 1. The summed E-state index contributed by atoms with van der Waals surface area (Å²) >= 11 is 0. The Morgan fingerprint density at radius 2 is 1.87 bits per heavy atom. The van der Waals surface area contributed by atoms with Gasteiger partial charge in [0.2, 0.25) is 0 Å². The Morgan fingerprint density at radius 3 is 2.54 bits per heavy atom. The van der Waals surface area contributed by atoms with Crippen molar-refractivity contribution in [2.75, 3.05) is 40.4 Å². The first-order chi connectivity index (χ1) is 18.7. The van der Waals surface area contributed by atoms with Crippen LogP contribution in [0.5, 0.6) is 11.5 Å². The normalized spacial score (nSPS) is 17.0. The second kappa shape index (κ2) is 11.9. The van der Waals surface area contributed by atoms with Gasteiger partial charge in [-0.15, -0.1) is 0 Å². The highest BCUT2D eigenvalue weighted by atomic mass is 16.5. The van der Waals surface area contributed by atoms with E-state index in [0.717, 1.165) is 18.4 Å². The zero-order chi connectivity index (χ0) is 28.3. The Labute approximate surface area is 229 Å². The number of likely N-dealkylation sites (N-methyl/N-ethyl adjacent to an activating group) is 1. The number of aliphatic hydroxyl groups excluding tert-OH is 1. The largest absolute Gasteiger partial charge is 0.505 e. The van der Waals surface area contributed by atoms with Crippen LogP contribution in [-0.2, 0) is 9.59 Å². The van der Waals surface area contributed by atoms with E-state index in [1.54, 1.807) is 6.07 Å². The number of rotatable bonds is 11. The number of pyridine rings is 1. The van der Waals surface area contributed by atoms with Crippen LogP contribution in [0.15, 0.2) is 42.1 Å². The van der Waals surface area contributed by atoms with Gasteiger partial charge >= 0.3 is 0 Å². The Balaban J connectivity index is 1.88. The molecule has 9 nitrogen and oxygen atoms in total. The first kappa shape index (κ1) is 28.2. The summed E-state index contributed by atoms with van der Waals surface area (Å²) in [4.78, 5) is 35.0. The van der Waals surface area contributed by atoms with Crippen LogP contribution in [-0.4, -0.2) is 76.4 Å². The summed E-state index contributed by atoms with van der Waals surface area (Å²) in [6.45, 7) is 9.59. The lowest BCUT2D eigenvalue weighted by Crippen LogP contribution is -2.35. The van der Waals surface area contributed by atoms with E-state index >= 15 is 0 Å². The molecule has 1 aliphatic rings. The van der Waals surface area contributed by atoms with E-state index < -0.39 is 17.7 Å². The van der Waals surface area contributed by atoms with Crippen LogP contribution in [0.3, 0.4) is 0 Å². The molecule has 1 amide bonds. The van der Waals surface area contributed by atoms with Crippen LogP contribution in [0.25, 0.3) is 11.4 Å². The van der Waals surface area contributed by atoms with Gasteiger partial charge in [-0.3, -0.25) is 9.59 Å². The summed E-state index contributed by atoms with van der Waals surface area (Å²) in [5.41, 5.74) is 3.25. The van der Waals surface area contributed by atoms with Gasteiger partial charge in [0, 0.05) is 19.3 Å². The molecular weight excluding hydrogens is 496 g/mol. The molecule has 0 spiro atoms. The fourth-order valence-corrected chi connectivity index (χ4v) is 4.85. The van der Waals surface area contributed by atoms with E-state index in [1.807, 2.05) is 74.6 Å². The van der Waals surface area contributed by atoms with Crippen LogP contribution in [0.2, 0.25) is 0 Å². The number of unbranched alkanes of at least 4 members (excludes halogenated alkanes) is 1. The van der Waals surface area contributed by atoms with Gasteiger partial charge in [0.25, 0.3) is 11.7 Å². The van der Waals surface area contributed by atoms with E-state index in [9.17, 15) is 14.7 Å². The van der Waals surface area contributed by atoms with Crippen LogP contribution in [0, 0.1) is 13.8 Å². The molecule has 9 heteroatoms. The molecule has 1 saturated heterocycles. The van der Waals surface area contributed by atoms with E-state index in [0.29, 0.717) is 54.7 Å². The van der Waals surface area contributed by atoms with Crippen molar-refractivity contribution in [3.8, 4) is 11.5 Å². The fraction of sp³-hybridized carbons (Fsp3) is 0.433. The van der Waals surface area contributed by atoms with Gasteiger partial charge in [0.1, 0.15) is 11.3 Å². The zero-order valence-electron chi connectivity index (χ0n) is 23.7. The number of aromatic nitrogens is 2. The molecule has 2 aromatic heterocycles. The first-order valence-electron chi connectivity index (χ1n) is 13.5. The van der Waals surface area contributed by atoms with Crippen molar-refractivity contribution in [3.63, 3.8) is 0 Å². The molecule has 1 aliphatic heterocycles. The number of fused-ring (bicyclic) bond motifs is 1. The minimum Gasteiger partial charge on any atom is -0.505 e. The van der Waals surface area contributed by atoms with Gasteiger partial charge in [-0.05, 0) is 70.6 Å². The molecule has 0 radical (unpaired) electrons. The molecule has 4 rings (SSSR count). The molecule has 3 heterocycles. The van der Waals surface area contributed by atoms with Crippen molar-refractivity contribution >= 4 is 23.1 Å². The minimum atomic E-state index is -0.806. The fourth-order valence-electron chi connectivity index (χ4n) is 4.85. The zero-order valence-corrected chi connectivity index (χ0v) is 23.7. The Hall–Kier alpha value is -3.85. The highest BCUT2D eigenvalue weighted by molar-refractivity contribution is 6.46. The standard InChI is InChI=1S/C30H38N4O5/c1-7-9-17-39-22-13-12-21(18-23(22)38-8-2)26-24(28(36)30(37)34(26)16-15-32(5)6)27(35)25-20(4)33-14-10-11-19(3)29(33)31-25/h10-14,18,26,35H,7-9,15-17H2,1-6H3/b27-24+. The third-order valence-electron chi connectivity index (χ3n) is 6.98. The SMILES string of the molecule is CCCCOc1ccc(C2/C(=C(\O)c3nc4c(C)cccn4c3C)C(=O)C(=O)N2CCN(C)C)cc1OCC. The predicted molar refractivity (Wildman–Crippen MR) is 150 cm³/mol. The van der Waals surface area contributed by atoms with Crippen molar-refractivity contribution < 1.29 is 24.2 Å². The van der Waals surface area contributed by atoms with E-state index in [-0.39, 0.29) is 17.0 Å². The number of aryl methyl sites for hydroxylation is 2. The number of likely N-dealkylation sites (tertiary alicyclic amines) is 1. The number of amides is 1. The monoisotopic (exact) mass is 534 g/mol. The molecule has 39 heavy (non-hydrogen) atoms. The number of hydrogen-bond acceptors (Lipinski definition) is 7. The topological polar surface area (TPSA) is 96.6 Å². The Bertz CT molecular complexity index is 1410. The maximum absolute atomic E-state index is 13.5. The molecule has 1 atom stereocenters. The number of aliphatic hydroxyl groups is 1. The quantitative estimate of drug-likeness (QED) is 0.167. The van der Waals surface area contributed by atoms with E-state index in [1.165, 1.54) is 4.90 Å². The summed E-state index contributed by atoms with van der Waals surface area (Å²) in [5.74, 6) is -0.532. The van der Waals surface area contributed by atoms with Gasteiger partial charge in [-0.1, -0.05) is 25.5 Å². The molecule has 3 aromatic rings. The number of nitrogens with zero attached hydrogens (tertiary/aromatic N) is 4. The van der Waals surface area contributed by atoms with E-state index in [2.05, 4.69) is 11.9 Å². The summed E-state index contributed by atoms with van der Waals surface area (Å²) in [7, 11) is 3.81. The molecule has 1 aromatic carbocycles. The van der Waals surface area contributed by atoms with Gasteiger partial charge in [-0.25, -0.2) is 4.98 Å². The lowest BCUT2D eigenvalue weighted by atomic mass is 9.96. The second-order valence-electron chi connectivity index (χ2n) is 10.1.